The first-order valence-electron chi connectivity index (χ1n) is 6.05. The molecule has 1 aromatic carbocycles. The summed E-state index contributed by atoms with van der Waals surface area (Å²) < 4.78 is 5.68. The van der Waals surface area contributed by atoms with Gasteiger partial charge in [0.1, 0.15) is 11.5 Å². The Labute approximate surface area is 105 Å². The van der Waals surface area contributed by atoms with Crippen LogP contribution in [-0.4, -0.2) is 0 Å². The minimum absolute atomic E-state index is 0.835. The maximum Gasteiger partial charge on any atom is 0.127 e. The van der Waals surface area contributed by atoms with Gasteiger partial charge in [-0.2, -0.15) is 0 Å². The first-order valence-corrected chi connectivity index (χ1v) is 6.05. The van der Waals surface area contributed by atoms with Crippen LogP contribution in [0.1, 0.15) is 27.7 Å². The number of ether oxygens (including phenoxy) is 1. The van der Waals surface area contributed by atoms with E-state index in [9.17, 15) is 0 Å². The zero-order valence-electron chi connectivity index (χ0n) is 11.2. The molecule has 0 N–H and O–H groups in total. The molecule has 0 unspecified atom stereocenters. The van der Waals surface area contributed by atoms with E-state index in [0.29, 0.717) is 0 Å². The summed E-state index contributed by atoms with van der Waals surface area (Å²) in [6.45, 7) is 7.95. The van der Waals surface area contributed by atoms with Crippen LogP contribution in [0.15, 0.2) is 66.5 Å². The van der Waals surface area contributed by atoms with Crippen molar-refractivity contribution >= 4 is 0 Å². The van der Waals surface area contributed by atoms with E-state index in [-0.39, 0.29) is 0 Å². The Morgan fingerprint density at radius 1 is 1.00 bits per heavy atom. The van der Waals surface area contributed by atoms with E-state index in [1.165, 1.54) is 0 Å². The Kier molecular flexibility index (Phi) is 9.64. The summed E-state index contributed by atoms with van der Waals surface area (Å²) in [6, 6.07) is 9.76. The smallest absolute Gasteiger partial charge is 0.127 e. The molecule has 0 spiro atoms. The number of para-hydroxylation sites is 1. The van der Waals surface area contributed by atoms with Crippen molar-refractivity contribution in [2.24, 2.45) is 0 Å². The van der Waals surface area contributed by atoms with Crippen LogP contribution in [0.3, 0.4) is 0 Å². The van der Waals surface area contributed by atoms with Gasteiger partial charge in [0.15, 0.2) is 0 Å². The molecule has 0 amide bonds. The van der Waals surface area contributed by atoms with E-state index >= 15 is 0 Å². The van der Waals surface area contributed by atoms with Gasteiger partial charge in [0.2, 0.25) is 0 Å². The molecule has 0 heterocycles. The topological polar surface area (TPSA) is 9.23 Å². The number of rotatable bonds is 4. The minimum atomic E-state index is 0.835. The molecule has 0 aliphatic carbocycles. The van der Waals surface area contributed by atoms with Gasteiger partial charge in [0.05, 0.1) is 0 Å². The first kappa shape index (κ1) is 15.2. The van der Waals surface area contributed by atoms with Crippen molar-refractivity contribution in [2.75, 3.05) is 0 Å². The average molecular weight is 230 g/mol. The summed E-state index contributed by atoms with van der Waals surface area (Å²) in [5.74, 6) is 1.69. The van der Waals surface area contributed by atoms with Crippen molar-refractivity contribution in [1.29, 1.82) is 0 Å². The summed E-state index contributed by atoms with van der Waals surface area (Å²) in [4.78, 5) is 0. The van der Waals surface area contributed by atoms with Crippen molar-refractivity contribution in [1.82, 2.24) is 0 Å². The standard InChI is InChI=1S/C14H16O.C2H6/c1-3-5-10-13(9-4-2)15-14-11-7-6-8-12-14;1-2/h3-12H,1-2H3;1-2H3/b5-3-,9-4-,13-10+;. The van der Waals surface area contributed by atoms with Crippen molar-refractivity contribution < 1.29 is 4.74 Å². The minimum Gasteiger partial charge on any atom is -0.457 e. The number of benzene rings is 1. The maximum absolute atomic E-state index is 5.68. The van der Waals surface area contributed by atoms with Gasteiger partial charge >= 0.3 is 0 Å². The van der Waals surface area contributed by atoms with E-state index in [0.717, 1.165) is 11.5 Å². The van der Waals surface area contributed by atoms with E-state index in [4.69, 9.17) is 4.74 Å². The Hall–Kier alpha value is -1.76. The molecule has 1 nitrogen and oxygen atoms in total. The number of hydrogen-bond acceptors (Lipinski definition) is 1. The Morgan fingerprint density at radius 2 is 1.65 bits per heavy atom. The van der Waals surface area contributed by atoms with Crippen molar-refractivity contribution in [3.05, 3.63) is 66.5 Å². The third-order valence-corrected chi connectivity index (χ3v) is 1.76. The Balaban J connectivity index is 0.00000121. The van der Waals surface area contributed by atoms with Gasteiger partial charge in [0.25, 0.3) is 0 Å². The second-order valence-electron chi connectivity index (χ2n) is 3.01. The van der Waals surface area contributed by atoms with Gasteiger partial charge in [-0.15, -0.1) is 0 Å². The molecule has 0 fully saturated rings. The van der Waals surface area contributed by atoms with Crippen LogP contribution in [0.4, 0.5) is 0 Å². The van der Waals surface area contributed by atoms with Gasteiger partial charge in [0, 0.05) is 0 Å². The molecule has 0 aromatic heterocycles. The molecule has 0 bridgehead atoms. The fraction of sp³-hybridized carbons (Fsp3) is 0.250. The normalized spacial score (nSPS) is 11.4. The first-order chi connectivity index (χ1) is 8.36. The lowest BCUT2D eigenvalue weighted by molar-refractivity contribution is 0.444. The molecule has 0 saturated heterocycles. The third kappa shape index (κ3) is 7.18. The lowest BCUT2D eigenvalue weighted by atomic mass is 10.3. The molecule has 0 radical (unpaired) electrons. The quantitative estimate of drug-likeness (QED) is 0.515. The van der Waals surface area contributed by atoms with Crippen LogP contribution in [0.5, 0.6) is 5.75 Å². The summed E-state index contributed by atoms with van der Waals surface area (Å²) in [7, 11) is 0. The third-order valence-electron chi connectivity index (χ3n) is 1.76. The van der Waals surface area contributed by atoms with E-state index in [1.807, 2.05) is 88.4 Å². The summed E-state index contributed by atoms with van der Waals surface area (Å²) in [5, 5.41) is 0. The van der Waals surface area contributed by atoms with Gasteiger partial charge in [-0.25, -0.2) is 0 Å². The Bertz CT molecular complexity index is 358. The van der Waals surface area contributed by atoms with Gasteiger partial charge < -0.3 is 4.74 Å². The molecular formula is C16H22O. The predicted octanol–water partition coefficient (Wildman–Crippen LogP) is 5.13. The van der Waals surface area contributed by atoms with Crippen LogP contribution in [0.2, 0.25) is 0 Å². The average Bonchev–Trinajstić information content (AvgIpc) is 2.40. The second-order valence-corrected chi connectivity index (χ2v) is 3.01. The highest BCUT2D eigenvalue weighted by Gasteiger charge is 1.93. The van der Waals surface area contributed by atoms with Crippen LogP contribution in [0.25, 0.3) is 0 Å². The second kappa shape index (κ2) is 10.7. The molecule has 17 heavy (non-hydrogen) atoms. The monoisotopic (exact) mass is 230 g/mol. The number of allylic oxidation sites excluding steroid dienone is 5. The molecule has 0 aliphatic rings. The summed E-state index contributed by atoms with van der Waals surface area (Å²) in [6.07, 6.45) is 9.76. The fourth-order valence-electron chi connectivity index (χ4n) is 1.10. The Morgan fingerprint density at radius 3 is 2.18 bits per heavy atom. The molecular weight excluding hydrogens is 208 g/mol. The fourth-order valence-corrected chi connectivity index (χ4v) is 1.10. The highest BCUT2D eigenvalue weighted by atomic mass is 16.5. The van der Waals surface area contributed by atoms with Gasteiger partial charge in [-0.1, -0.05) is 50.3 Å². The van der Waals surface area contributed by atoms with Crippen LogP contribution in [0, 0.1) is 0 Å². The lowest BCUT2D eigenvalue weighted by Gasteiger charge is -2.04. The van der Waals surface area contributed by atoms with Crippen molar-refractivity contribution in [2.45, 2.75) is 27.7 Å². The van der Waals surface area contributed by atoms with Crippen LogP contribution >= 0.6 is 0 Å². The molecule has 1 heteroatoms. The SMILES string of the molecule is CC.C\C=C/C=C(\C=C/C)Oc1ccccc1. The summed E-state index contributed by atoms with van der Waals surface area (Å²) >= 11 is 0. The molecule has 1 aromatic rings. The molecule has 0 saturated carbocycles. The molecule has 92 valence electrons. The summed E-state index contributed by atoms with van der Waals surface area (Å²) in [5.41, 5.74) is 0. The highest BCUT2D eigenvalue weighted by Crippen LogP contribution is 2.13. The number of hydrogen-bond donors (Lipinski definition) is 0. The largest absolute Gasteiger partial charge is 0.457 e. The van der Waals surface area contributed by atoms with Crippen LogP contribution in [-0.2, 0) is 0 Å². The van der Waals surface area contributed by atoms with Crippen LogP contribution < -0.4 is 4.74 Å². The lowest BCUT2D eigenvalue weighted by Crippen LogP contribution is -1.91. The molecule has 0 aliphatic heterocycles. The molecule has 1 rings (SSSR count). The maximum atomic E-state index is 5.68. The van der Waals surface area contributed by atoms with Crippen molar-refractivity contribution in [3.63, 3.8) is 0 Å². The zero-order valence-corrected chi connectivity index (χ0v) is 11.2. The zero-order chi connectivity index (χ0) is 12.9. The highest BCUT2D eigenvalue weighted by molar-refractivity contribution is 5.27. The van der Waals surface area contributed by atoms with E-state index in [1.54, 1.807) is 0 Å². The molecule has 0 atom stereocenters. The van der Waals surface area contributed by atoms with Gasteiger partial charge in [-0.3, -0.25) is 0 Å². The van der Waals surface area contributed by atoms with E-state index < -0.39 is 0 Å². The predicted molar refractivity (Wildman–Crippen MR) is 76.1 cm³/mol. The van der Waals surface area contributed by atoms with Crippen molar-refractivity contribution in [3.8, 4) is 5.75 Å². The van der Waals surface area contributed by atoms with E-state index in [2.05, 4.69) is 0 Å². The van der Waals surface area contributed by atoms with Gasteiger partial charge in [-0.05, 0) is 38.1 Å².